The molecule has 0 unspecified atom stereocenters. The topological polar surface area (TPSA) is 26.3 Å². The minimum atomic E-state index is -0.235. The van der Waals surface area contributed by atoms with E-state index in [-0.39, 0.29) is 5.97 Å². The number of carbonyl (C=O) groups excluding carboxylic acids is 1. The van der Waals surface area contributed by atoms with Crippen molar-refractivity contribution in [1.82, 2.24) is 0 Å². The second kappa shape index (κ2) is 7.93. The first-order valence-electron chi connectivity index (χ1n) is 7.69. The van der Waals surface area contributed by atoms with Crippen LogP contribution in [0.5, 0.6) is 0 Å². The van der Waals surface area contributed by atoms with Gasteiger partial charge in [0.05, 0.1) is 12.7 Å². The van der Waals surface area contributed by atoms with E-state index in [0.717, 1.165) is 35.0 Å². The van der Waals surface area contributed by atoms with Crippen LogP contribution in [0.3, 0.4) is 0 Å². The molecule has 2 aromatic carbocycles. The summed E-state index contributed by atoms with van der Waals surface area (Å²) in [6, 6.07) is 15.1. The zero-order valence-corrected chi connectivity index (χ0v) is 14.8. The molecule has 0 aromatic heterocycles. The molecule has 0 aliphatic carbocycles. The first kappa shape index (κ1) is 16.5. The van der Waals surface area contributed by atoms with Crippen LogP contribution in [-0.4, -0.2) is 18.8 Å². The van der Waals surface area contributed by atoms with Gasteiger partial charge in [0.15, 0.2) is 0 Å². The molecule has 0 amide bonds. The van der Waals surface area contributed by atoms with Crippen LogP contribution in [0, 0.1) is 0 Å². The van der Waals surface area contributed by atoms with Crippen LogP contribution in [0.25, 0.3) is 0 Å². The van der Waals surface area contributed by atoms with E-state index < -0.39 is 0 Å². The van der Waals surface area contributed by atoms with Gasteiger partial charge in [-0.1, -0.05) is 36.4 Å². The van der Waals surface area contributed by atoms with Gasteiger partial charge in [0.2, 0.25) is 0 Å². The largest absolute Gasteiger partial charge is 0.465 e. The number of thioether (sulfide) groups is 2. The second-order valence-corrected chi connectivity index (χ2v) is 7.69. The molecule has 6 rings (SSSR count). The zero-order chi connectivity index (χ0) is 16.1. The molecule has 120 valence electrons. The number of benzene rings is 2. The molecule has 2 aromatic rings. The summed E-state index contributed by atoms with van der Waals surface area (Å²) in [5.41, 5.74) is 5.68. The fourth-order valence-corrected chi connectivity index (χ4v) is 4.54. The Morgan fingerprint density at radius 3 is 2.39 bits per heavy atom. The molecule has 4 heteroatoms. The highest BCUT2D eigenvalue weighted by atomic mass is 32.2. The van der Waals surface area contributed by atoms with E-state index in [1.807, 2.05) is 29.6 Å². The smallest absolute Gasteiger partial charge is 0.338 e. The summed E-state index contributed by atoms with van der Waals surface area (Å²) in [5, 5.41) is 0. The van der Waals surface area contributed by atoms with Gasteiger partial charge in [-0.15, -0.1) is 0 Å². The fourth-order valence-electron chi connectivity index (χ4n) is 2.60. The lowest BCUT2D eigenvalue weighted by Crippen LogP contribution is -2.06. The summed E-state index contributed by atoms with van der Waals surface area (Å²) in [7, 11) is 1.45. The number of hydrogen-bond donors (Lipinski definition) is 0. The molecule has 0 radical (unpaired) electrons. The minimum absolute atomic E-state index is 0.235. The number of esters is 1. The lowest BCUT2D eigenvalue weighted by Gasteiger charge is -2.10. The Morgan fingerprint density at radius 2 is 1.61 bits per heavy atom. The normalized spacial score (nSPS) is 15.0. The number of ether oxygens (including phenoxy) is 1. The van der Waals surface area contributed by atoms with Crippen molar-refractivity contribution in [3.63, 3.8) is 0 Å². The van der Waals surface area contributed by atoms with Crippen molar-refractivity contribution in [2.75, 3.05) is 12.9 Å². The van der Waals surface area contributed by atoms with Gasteiger partial charge in [-0.25, -0.2) is 4.79 Å². The van der Waals surface area contributed by atoms with Gasteiger partial charge >= 0.3 is 5.97 Å². The van der Waals surface area contributed by atoms with Crippen LogP contribution in [-0.2, 0) is 28.4 Å². The quantitative estimate of drug-likeness (QED) is 0.701. The third-order valence-corrected chi connectivity index (χ3v) is 6.02. The predicted octanol–water partition coefficient (Wildman–Crippen LogP) is 4.70. The van der Waals surface area contributed by atoms with Gasteiger partial charge in [-0.2, -0.15) is 23.5 Å². The molecule has 4 aliphatic heterocycles. The molecule has 4 bridgehead atoms. The number of hydrogen-bond acceptors (Lipinski definition) is 4. The van der Waals surface area contributed by atoms with Gasteiger partial charge < -0.3 is 4.74 Å². The van der Waals surface area contributed by atoms with Crippen LogP contribution in [0.4, 0.5) is 0 Å². The van der Waals surface area contributed by atoms with Crippen molar-refractivity contribution in [2.45, 2.75) is 23.7 Å². The zero-order valence-electron chi connectivity index (χ0n) is 13.2. The maximum absolute atomic E-state index is 12.1. The third kappa shape index (κ3) is 4.33. The molecular weight excluding hydrogens is 324 g/mol. The fraction of sp³-hybridized carbons (Fsp3) is 0.316. The highest BCUT2D eigenvalue weighted by Gasteiger charge is 2.13. The van der Waals surface area contributed by atoms with E-state index in [4.69, 9.17) is 4.74 Å². The first-order valence-corrected chi connectivity index (χ1v) is 10.0. The van der Waals surface area contributed by atoms with E-state index >= 15 is 0 Å². The average Bonchev–Trinajstić information content (AvgIpc) is 2.61. The Balaban J connectivity index is 1.87. The monoisotopic (exact) mass is 344 g/mol. The minimum Gasteiger partial charge on any atom is -0.465 e. The predicted molar refractivity (Wildman–Crippen MR) is 99.1 cm³/mol. The Hall–Kier alpha value is -1.39. The van der Waals surface area contributed by atoms with Gasteiger partial charge in [0.25, 0.3) is 0 Å². The van der Waals surface area contributed by atoms with Crippen molar-refractivity contribution < 1.29 is 9.53 Å². The van der Waals surface area contributed by atoms with Gasteiger partial charge in [0.1, 0.15) is 0 Å². The number of rotatable bonds is 1. The van der Waals surface area contributed by atoms with Crippen LogP contribution in [0.2, 0.25) is 0 Å². The molecule has 0 saturated heterocycles. The van der Waals surface area contributed by atoms with E-state index in [1.165, 1.54) is 23.8 Å². The van der Waals surface area contributed by atoms with E-state index in [0.29, 0.717) is 5.56 Å². The molecule has 2 nitrogen and oxygen atoms in total. The third-order valence-electron chi connectivity index (χ3n) is 3.93. The van der Waals surface area contributed by atoms with Crippen molar-refractivity contribution in [3.8, 4) is 0 Å². The Labute approximate surface area is 146 Å². The number of aryl methyl sites for hydroxylation is 1. The summed E-state index contributed by atoms with van der Waals surface area (Å²) in [6.45, 7) is 0. The van der Waals surface area contributed by atoms with Crippen LogP contribution >= 0.6 is 23.5 Å². The summed E-state index contributed by atoms with van der Waals surface area (Å²) in [6.07, 6.45) is 1.08. The standard InChI is InChI=1S/C19H20O2S2/c1-21-19(20)18-10-16-6-7-17(18)13-23-11-15-4-2-14(3-5-15)8-9-22-12-16/h2-7,10H,8-9,11-13H2,1H3. The average molecular weight is 345 g/mol. The summed E-state index contributed by atoms with van der Waals surface area (Å²) >= 11 is 3.74. The Morgan fingerprint density at radius 1 is 0.913 bits per heavy atom. The highest BCUT2D eigenvalue weighted by molar-refractivity contribution is 7.98. The first-order chi connectivity index (χ1) is 11.3. The van der Waals surface area contributed by atoms with E-state index in [9.17, 15) is 4.79 Å². The van der Waals surface area contributed by atoms with Crippen molar-refractivity contribution in [1.29, 1.82) is 0 Å². The molecular formula is C19H20O2S2. The SMILES string of the molecule is COC(=O)c1cc2ccc1CSCc1ccc(cc1)CCSC2. The lowest BCUT2D eigenvalue weighted by atomic mass is 10.1. The van der Waals surface area contributed by atoms with E-state index in [1.54, 1.807) is 0 Å². The van der Waals surface area contributed by atoms with Crippen LogP contribution in [0.1, 0.15) is 32.6 Å². The molecule has 0 atom stereocenters. The van der Waals surface area contributed by atoms with Crippen molar-refractivity contribution in [3.05, 3.63) is 70.3 Å². The van der Waals surface area contributed by atoms with E-state index in [2.05, 4.69) is 36.4 Å². The van der Waals surface area contributed by atoms with Crippen molar-refractivity contribution in [2.24, 2.45) is 0 Å². The lowest BCUT2D eigenvalue weighted by molar-refractivity contribution is 0.0599. The maximum Gasteiger partial charge on any atom is 0.338 e. The molecule has 4 aliphatic rings. The molecule has 0 N–H and O–H groups in total. The molecule has 0 fully saturated rings. The molecule has 23 heavy (non-hydrogen) atoms. The Kier molecular flexibility index (Phi) is 5.68. The molecule has 0 spiro atoms. The van der Waals surface area contributed by atoms with Crippen LogP contribution in [0.15, 0.2) is 42.5 Å². The summed E-state index contributed by atoms with van der Waals surface area (Å²) < 4.78 is 4.96. The second-order valence-electron chi connectivity index (χ2n) is 5.59. The Bertz CT molecular complexity index is 680. The maximum atomic E-state index is 12.1. The van der Waals surface area contributed by atoms with Crippen molar-refractivity contribution >= 4 is 29.5 Å². The van der Waals surface area contributed by atoms with Gasteiger partial charge in [0, 0.05) is 17.3 Å². The summed E-state index contributed by atoms with van der Waals surface area (Å²) in [4.78, 5) is 12.1. The van der Waals surface area contributed by atoms with Gasteiger partial charge in [-0.3, -0.25) is 0 Å². The highest BCUT2D eigenvalue weighted by Crippen LogP contribution is 2.25. The molecule has 4 heterocycles. The van der Waals surface area contributed by atoms with Gasteiger partial charge in [-0.05, 0) is 40.5 Å². The molecule has 0 saturated carbocycles. The number of carbonyl (C=O) groups is 1. The van der Waals surface area contributed by atoms with Crippen LogP contribution < -0.4 is 0 Å². The number of methoxy groups -OCH3 is 1. The summed E-state index contributed by atoms with van der Waals surface area (Å²) in [5.74, 6) is 3.55.